The molecule has 6 nitrogen and oxygen atoms in total. The summed E-state index contributed by atoms with van der Waals surface area (Å²) >= 11 is 0. The molecular weight excluding hydrogens is 242 g/mol. The molecule has 0 saturated heterocycles. The van der Waals surface area contributed by atoms with Gasteiger partial charge in [0.15, 0.2) is 5.82 Å². The Morgan fingerprint density at radius 1 is 1.41 bits per heavy atom. The van der Waals surface area contributed by atoms with Crippen molar-refractivity contribution in [1.29, 1.82) is 0 Å². The number of hydrogen-bond donors (Lipinski definition) is 2. The van der Waals surface area contributed by atoms with E-state index >= 15 is 0 Å². The summed E-state index contributed by atoms with van der Waals surface area (Å²) in [5.41, 5.74) is 1.30. The fraction of sp³-hybridized carbons (Fsp3) is 0.500. The standard InChI is InChI=1S/C10H15N3O3S/c1-6-7(2)12-13-9(8(6)10(14)15)11-4-5-17(3)16/h4-5H2,1-3H3,(H,11,13)(H,14,15). The summed E-state index contributed by atoms with van der Waals surface area (Å²) in [6.45, 7) is 3.80. The zero-order chi connectivity index (χ0) is 13.0. The first-order valence-corrected chi connectivity index (χ1v) is 6.77. The largest absolute Gasteiger partial charge is 0.478 e. The van der Waals surface area contributed by atoms with Crippen molar-refractivity contribution in [2.24, 2.45) is 0 Å². The first-order valence-electron chi connectivity index (χ1n) is 5.04. The molecule has 0 fully saturated rings. The van der Waals surface area contributed by atoms with E-state index in [4.69, 9.17) is 5.11 Å². The Morgan fingerprint density at radius 3 is 2.59 bits per heavy atom. The zero-order valence-electron chi connectivity index (χ0n) is 9.98. The third-order valence-electron chi connectivity index (χ3n) is 2.35. The van der Waals surface area contributed by atoms with Crippen LogP contribution < -0.4 is 5.32 Å². The Kier molecular flexibility index (Phi) is 4.56. The first-order chi connectivity index (χ1) is 7.93. The fourth-order valence-corrected chi connectivity index (χ4v) is 1.70. The highest BCUT2D eigenvalue weighted by atomic mass is 32.2. The smallest absolute Gasteiger partial charge is 0.339 e. The molecule has 0 amide bonds. The van der Waals surface area contributed by atoms with Crippen molar-refractivity contribution in [2.45, 2.75) is 13.8 Å². The lowest BCUT2D eigenvalue weighted by Crippen LogP contribution is -2.16. The van der Waals surface area contributed by atoms with E-state index in [1.54, 1.807) is 20.1 Å². The van der Waals surface area contributed by atoms with Gasteiger partial charge in [-0.1, -0.05) is 0 Å². The maximum absolute atomic E-state index is 11.1. The second-order valence-corrected chi connectivity index (χ2v) is 5.20. The molecule has 0 aliphatic heterocycles. The SMILES string of the molecule is Cc1nnc(NCCS(C)=O)c(C(=O)O)c1C. The summed E-state index contributed by atoms with van der Waals surface area (Å²) in [4.78, 5) is 11.1. The number of nitrogens with one attached hydrogen (secondary N) is 1. The van der Waals surface area contributed by atoms with Crippen LogP contribution in [0.5, 0.6) is 0 Å². The van der Waals surface area contributed by atoms with Crippen LogP contribution in [0.2, 0.25) is 0 Å². The van der Waals surface area contributed by atoms with Gasteiger partial charge >= 0.3 is 5.97 Å². The van der Waals surface area contributed by atoms with Gasteiger partial charge in [-0.2, -0.15) is 5.10 Å². The average Bonchev–Trinajstić information content (AvgIpc) is 2.22. The van der Waals surface area contributed by atoms with Crippen LogP contribution in [0, 0.1) is 13.8 Å². The van der Waals surface area contributed by atoms with Crippen molar-refractivity contribution in [3.05, 3.63) is 16.8 Å². The van der Waals surface area contributed by atoms with Crippen LogP contribution in [-0.2, 0) is 10.8 Å². The Bertz CT molecular complexity index is 462. The number of carboxylic acids is 1. The Labute approximate surface area is 102 Å². The van der Waals surface area contributed by atoms with Crippen LogP contribution in [0.4, 0.5) is 5.82 Å². The topological polar surface area (TPSA) is 92.2 Å². The van der Waals surface area contributed by atoms with Gasteiger partial charge in [0, 0.05) is 29.4 Å². The molecule has 1 atom stereocenters. The summed E-state index contributed by atoms with van der Waals surface area (Å²) < 4.78 is 10.9. The molecule has 1 rings (SSSR count). The van der Waals surface area contributed by atoms with Crippen molar-refractivity contribution in [3.8, 4) is 0 Å². The van der Waals surface area contributed by atoms with Crippen LogP contribution in [0.25, 0.3) is 0 Å². The Hall–Kier alpha value is -1.50. The third-order valence-corrected chi connectivity index (χ3v) is 3.13. The molecule has 1 aromatic rings. The fourth-order valence-electron chi connectivity index (χ4n) is 1.31. The monoisotopic (exact) mass is 257 g/mol. The number of carboxylic acid groups (broad SMARTS) is 1. The van der Waals surface area contributed by atoms with E-state index in [0.29, 0.717) is 23.6 Å². The quantitative estimate of drug-likeness (QED) is 0.801. The molecule has 0 aliphatic rings. The van der Waals surface area contributed by atoms with Crippen molar-refractivity contribution in [3.63, 3.8) is 0 Å². The molecule has 1 unspecified atom stereocenters. The zero-order valence-corrected chi connectivity index (χ0v) is 10.8. The minimum atomic E-state index is -1.04. The molecule has 94 valence electrons. The molecule has 1 aromatic heterocycles. The molecule has 17 heavy (non-hydrogen) atoms. The van der Waals surface area contributed by atoms with E-state index in [9.17, 15) is 9.00 Å². The van der Waals surface area contributed by atoms with Crippen LogP contribution in [-0.4, -0.2) is 44.0 Å². The predicted molar refractivity (Wildman–Crippen MR) is 65.9 cm³/mol. The van der Waals surface area contributed by atoms with Gasteiger partial charge in [0.1, 0.15) is 5.56 Å². The summed E-state index contributed by atoms with van der Waals surface area (Å²) in [5.74, 6) is -0.375. The van der Waals surface area contributed by atoms with Crippen molar-refractivity contribution in [2.75, 3.05) is 23.9 Å². The Morgan fingerprint density at radius 2 is 2.06 bits per heavy atom. The summed E-state index contributed by atoms with van der Waals surface area (Å²) in [7, 11) is -0.924. The van der Waals surface area contributed by atoms with Crippen LogP contribution in [0.3, 0.4) is 0 Å². The van der Waals surface area contributed by atoms with Gasteiger partial charge in [-0.3, -0.25) is 4.21 Å². The molecule has 0 aromatic carbocycles. The minimum absolute atomic E-state index is 0.124. The van der Waals surface area contributed by atoms with Crippen molar-refractivity contribution in [1.82, 2.24) is 10.2 Å². The number of aromatic nitrogens is 2. The summed E-state index contributed by atoms with van der Waals surface area (Å²) in [6, 6.07) is 0. The second kappa shape index (κ2) is 5.72. The molecule has 0 radical (unpaired) electrons. The van der Waals surface area contributed by atoms with Gasteiger partial charge in [0.05, 0.1) is 5.69 Å². The van der Waals surface area contributed by atoms with Crippen molar-refractivity contribution < 1.29 is 14.1 Å². The molecule has 0 spiro atoms. The van der Waals surface area contributed by atoms with Crippen LogP contribution >= 0.6 is 0 Å². The van der Waals surface area contributed by atoms with Gasteiger partial charge in [-0.15, -0.1) is 5.10 Å². The van der Waals surface area contributed by atoms with Gasteiger partial charge < -0.3 is 10.4 Å². The minimum Gasteiger partial charge on any atom is -0.478 e. The van der Waals surface area contributed by atoms with E-state index < -0.39 is 16.8 Å². The van der Waals surface area contributed by atoms with E-state index in [2.05, 4.69) is 15.5 Å². The highest BCUT2D eigenvalue weighted by Crippen LogP contribution is 2.17. The highest BCUT2D eigenvalue weighted by Gasteiger charge is 2.17. The molecular formula is C10H15N3O3S. The van der Waals surface area contributed by atoms with Crippen molar-refractivity contribution >= 4 is 22.6 Å². The van der Waals surface area contributed by atoms with Crippen LogP contribution in [0.15, 0.2) is 0 Å². The van der Waals surface area contributed by atoms with Gasteiger partial charge in [0.2, 0.25) is 0 Å². The lowest BCUT2D eigenvalue weighted by molar-refractivity contribution is 0.0696. The normalized spacial score (nSPS) is 12.2. The maximum Gasteiger partial charge on any atom is 0.339 e. The highest BCUT2D eigenvalue weighted by molar-refractivity contribution is 7.84. The lowest BCUT2D eigenvalue weighted by Gasteiger charge is -2.10. The van der Waals surface area contributed by atoms with E-state index in [0.717, 1.165) is 0 Å². The summed E-state index contributed by atoms with van der Waals surface area (Å²) in [6.07, 6.45) is 1.59. The Balaban J connectivity index is 2.95. The average molecular weight is 257 g/mol. The third kappa shape index (κ3) is 3.48. The second-order valence-electron chi connectivity index (χ2n) is 3.64. The molecule has 2 N–H and O–H groups in total. The maximum atomic E-state index is 11.1. The van der Waals surface area contributed by atoms with Crippen LogP contribution in [0.1, 0.15) is 21.6 Å². The first kappa shape index (κ1) is 13.6. The van der Waals surface area contributed by atoms with E-state index in [1.807, 2.05) is 0 Å². The molecule has 0 bridgehead atoms. The van der Waals surface area contributed by atoms with E-state index in [-0.39, 0.29) is 11.4 Å². The van der Waals surface area contributed by atoms with Gasteiger partial charge in [-0.05, 0) is 19.4 Å². The number of anilines is 1. The number of nitrogens with zero attached hydrogens (tertiary/aromatic N) is 2. The van der Waals surface area contributed by atoms with E-state index in [1.165, 1.54) is 0 Å². The summed E-state index contributed by atoms with van der Waals surface area (Å²) in [5, 5.41) is 19.6. The number of hydrogen-bond acceptors (Lipinski definition) is 5. The molecule has 1 heterocycles. The van der Waals surface area contributed by atoms with Gasteiger partial charge in [0.25, 0.3) is 0 Å². The van der Waals surface area contributed by atoms with Gasteiger partial charge in [-0.25, -0.2) is 4.79 Å². The molecule has 0 aliphatic carbocycles. The molecule has 7 heteroatoms. The predicted octanol–water partition coefficient (Wildman–Crippen LogP) is 0.582. The number of rotatable bonds is 5. The molecule has 0 saturated carbocycles. The number of carbonyl (C=O) groups is 1. The number of aromatic carboxylic acids is 1. The number of aryl methyl sites for hydroxylation is 1. The lowest BCUT2D eigenvalue weighted by atomic mass is 10.1.